The van der Waals surface area contributed by atoms with Crippen molar-refractivity contribution in [3.05, 3.63) is 82.7 Å². The molecule has 11 heteroatoms. The topological polar surface area (TPSA) is 110 Å². The quantitative estimate of drug-likeness (QED) is 0.248. The van der Waals surface area contributed by atoms with E-state index < -0.39 is 10.0 Å². The lowest BCUT2D eigenvalue weighted by molar-refractivity contribution is 0.601. The summed E-state index contributed by atoms with van der Waals surface area (Å²) >= 11 is 5.15. The van der Waals surface area contributed by atoms with Crippen LogP contribution in [0, 0.1) is 0 Å². The Balaban J connectivity index is 1.48. The lowest BCUT2D eigenvalue weighted by Crippen LogP contribution is -2.14. The van der Waals surface area contributed by atoms with Crippen molar-refractivity contribution in [1.29, 1.82) is 0 Å². The van der Waals surface area contributed by atoms with Gasteiger partial charge in [-0.2, -0.15) is 0 Å². The van der Waals surface area contributed by atoms with E-state index in [9.17, 15) is 8.42 Å². The molecule has 5 rings (SSSR count). The monoisotopic (exact) mass is 566 g/mol. The van der Waals surface area contributed by atoms with E-state index >= 15 is 0 Å². The maximum absolute atomic E-state index is 12.7. The molecule has 0 spiro atoms. The van der Waals surface area contributed by atoms with Gasteiger partial charge in [-0.05, 0) is 54.4 Å². The van der Waals surface area contributed by atoms with Gasteiger partial charge in [0.1, 0.15) is 17.0 Å². The van der Waals surface area contributed by atoms with E-state index in [2.05, 4.69) is 65.0 Å². The van der Waals surface area contributed by atoms with Gasteiger partial charge >= 0.3 is 0 Å². The number of benzene rings is 2. The third kappa shape index (κ3) is 4.88. The van der Waals surface area contributed by atoms with Crippen LogP contribution in [-0.2, 0) is 16.4 Å². The molecule has 35 heavy (non-hydrogen) atoms. The number of hydrogen-bond donors (Lipinski definition) is 2. The van der Waals surface area contributed by atoms with Gasteiger partial charge in [0.05, 0.1) is 10.3 Å². The summed E-state index contributed by atoms with van der Waals surface area (Å²) in [6.07, 6.45) is 5.35. The molecule has 2 N–H and O–H groups in total. The molecule has 3 aromatic heterocycles. The molecule has 0 radical (unpaired) electrons. The van der Waals surface area contributed by atoms with Crippen molar-refractivity contribution in [3.63, 3.8) is 0 Å². The number of aryl methyl sites for hydroxylation is 1. The highest BCUT2D eigenvalue weighted by atomic mass is 79.9. The number of aromatic nitrogens is 4. The predicted octanol–water partition coefficient (Wildman–Crippen LogP) is 6.02. The molecule has 0 saturated heterocycles. The van der Waals surface area contributed by atoms with E-state index in [0.717, 1.165) is 32.2 Å². The molecule has 0 bridgehead atoms. The number of sulfonamides is 1. The summed E-state index contributed by atoms with van der Waals surface area (Å²) in [5, 5.41) is 4.28. The molecular weight excluding hydrogens is 548 g/mol. The highest BCUT2D eigenvalue weighted by molar-refractivity contribution is 9.10. The standard InChI is InChI=1S/C24H19BrN6O2S2/c1-2-19-20(15-4-6-16(25)7-5-15)21-22(28-14-29-23(21)34-19)30-17-8-10-18(11-9-17)35(32,33)31-24-26-12-3-13-27-24/h3-14H,2H2,1H3,(H,26,27,31)(H,28,29,30). The molecular formula is C24H19BrN6O2S2. The van der Waals surface area contributed by atoms with Crippen LogP contribution in [-0.4, -0.2) is 28.4 Å². The van der Waals surface area contributed by atoms with Crippen LogP contribution in [0.5, 0.6) is 0 Å². The lowest BCUT2D eigenvalue weighted by atomic mass is 10.0. The van der Waals surface area contributed by atoms with Gasteiger partial charge < -0.3 is 5.32 Å². The van der Waals surface area contributed by atoms with Crippen LogP contribution in [0.1, 0.15) is 11.8 Å². The van der Waals surface area contributed by atoms with Crippen LogP contribution in [0.15, 0.2) is 82.7 Å². The average Bonchev–Trinajstić information content (AvgIpc) is 3.25. The van der Waals surface area contributed by atoms with Crippen molar-refractivity contribution in [2.24, 2.45) is 0 Å². The Morgan fingerprint density at radius 2 is 1.66 bits per heavy atom. The zero-order valence-electron chi connectivity index (χ0n) is 18.4. The Morgan fingerprint density at radius 1 is 0.943 bits per heavy atom. The van der Waals surface area contributed by atoms with E-state index in [-0.39, 0.29) is 10.8 Å². The molecule has 3 heterocycles. The minimum Gasteiger partial charge on any atom is -0.340 e. The summed E-state index contributed by atoms with van der Waals surface area (Å²) in [6.45, 7) is 2.13. The molecule has 0 aliphatic carbocycles. The second-order valence-corrected chi connectivity index (χ2v) is 11.2. The third-order valence-corrected chi connectivity index (χ3v) is 8.35. The lowest BCUT2D eigenvalue weighted by Gasteiger charge is -2.11. The largest absolute Gasteiger partial charge is 0.340 e. The van der Waals surface area contributed by atoms with Crippen LogP contribution in [0.4, 0.5) is 17.5 Å². The van der Waals surface area contributed by atoms with Gasteiger partial charge in [-0.25, -0.2) is 33.1 Å². The van der Waals surface area contributed by atoms with Crippen molar-refractivity contribution >= 4 is 65.0 Å². The summed E-state index contributed by atoms with van der Waals surface area (Å²) in [4.78, 5) is 19.0. The first kappa shape index (κ1) is 23.3. The number of fused-ring (bicyclic) bond motifs is 1. The van der Waals surface area contributed by atoms with E-state index in [1.807, 2.05) is 12.1 Å². The minimum absolute atomic E-state index is 0.0164. The summed E-state index contributed by atoms with van der Waals surface area (Å²) < 4.78 is 28.7. The van der Waals surface area contributed by atoms with E-state index in [1.165, 1.54) is 35.7 Å². The third-order valence-electron chi connectivity index (χ3n) is 5.23. The Hall–Kier alpha value is -3.41. The number of halogens is 1. The summed E-state index contributed by atoms with van der Waals surface area (Å²) in [7, 11) is -3.81. The fourth-order valence-electron chi connectivity index (χ4n) is 3.63. The van der Waals surface area contributed by atoms with Gasteiger partial charge in [0.15, 0.2) is 0 Å². The highest BCUT2D eigenvalue weighted by Crippen LogP contribution is 2.42. The van der Waals surface area contributed by atoms with Crippen LogP contribution < -0.4 is 10.0 Å². The molecule has 5 aromatic rings. The normalized spacial score (nSPS) is 11.5. The Labute approximate surface area is 214 Å². The van der Waals surface area contributed by atoms with Gasteiger partial charge in [0, 0.05) is 33.0 Å². The Morgan fingerprint density at radius 3 is 2.34 bits per heavy atom. The fourth-order valence-corrected chi connectivity index (χ4v) is 5.95. The van der Waals surface area contributed by atoms with E-state index in [0.29, 0.717) is 11.5 Å². The minimum atomic E-state index is -3.81. The summed E-state index contributed by atoms with van der Waals surface area (Å²) in [6, 6.07) is 16.2. The molecule has 0 saturated carbocycles. The fraction of sp³-hybridized carbons (Fsp3) is 0.0833. The Bertz CT molecular complexity index is 1590. The van der Waals surface area contributed by atoms with E-state index in [4.69, 9.17) is 0 Å². The number of rotatable bonds is 7. The first-order chi connectivity index (χ1) is 16.9. The maximum atomic E-state index is 12.7. The summed E-state index contributed by atoms with van der Waals surface area (Å²) in [5.41, 5.74) is 2.89. The molecule has 0 unspecified atom stereocenters. The van der Waals surface area contributed by atoms with Gasteiger partial charge in [0.2, 0.25) is 5.95 Å². The zero-order chi connectivity index (χ0) is 24.4. The number of hydrogen-bond acceptors (Lipinski definition) is 8. The van der Waals surface area contributed by atoms with Gasteiger partial charge in [0.25, 0.3) is 10.0 Å². The molecule has 2 aromatic carbocycles. The average molecular weight is 567 g/mol. The number of anilines is 3. The van der Waals surface area contributed by atoms with Crippen LogP contribution in [0.25, 0.3) is 21.3 Å². The highest BCUT2D eigenvalue weighted by Gasteiger charge is 2.19. The molecule has 0 atom stereocenters. The van der Waals surface area contributed by atoms with Gasteiger partial charge in [-0.15, -0.1) is 11.3 Å². The SMILES string of the molecule is CCc1sc2ncnc(Nc3ccc(S(=O)(=O)Nc4ncccn4)cc3)c2c1-c1ccc(Br)cc1. The first-order valence-corrected chi connectivity index (χ1v) is 13.7. The van der Waals surface area contributed by atoms with Crippen LogP contribution >= 0.6 is 27.3 Å². The van der Waals surface area contributed by atoms with Crippen molar-refractivity contribution in [2.75, 3.05) is 10.0 Å². The second-order valence-electron chi connectivity index (χ2n) is 7.49. The van der Waals surface area contributed by atoms with Gasteiger partial charge in [-0.3, -0.25) is 0 Å². The number of nitrogens with one attached hydrogen (secondary N) is 2. The van der Waals surface area contributed by atoms with Crippen molar-refractivity contribution in [1.82, 2.24) is 19.9 Å². The summed E-state index contributed by atoms with van der Waals surface area (Å²) in [5.74, 6) is 0.679. The predicted molar refractivity (Wildman–Crippen MR) is 142 cm³/mol. The molecule has 0 fully saturated rings. The van der Waals surface area contributed by atoms with Crippen LogP contribution in [0.2, 0.25) is 0 Å². The Kier molecular flexibility index (Phi) is 6.46. The van der Waals surface area contributed by atoms with Crippen molar-refractivity contribution < 1.29 is 8.42 Å². The smallest absolute Gasteiger partial charge is 0.264 e. The van der Waals surface area contributed by atoms with Crippen molar-refractivity contribution in [3.8, 4) is 11.1 Å². The number of nitrogens with zero attached hydrogens (tertiary/aromatic N) is 4. The molecule has 0 aliphatic rings. The van der Waals surface area contributed by atoms with E-state index in [1.54, 1.807) is 29.5 Å². The maximum Gasteiger partial charge on any atom is 0.264 e. The molecule has 8 nitrogen and oxygen atoms in total. The van der Waals surface area contributed by atoms with Crippen LogP contribution in [0.3, 0.4) is 0 Å². The van der Waals surface area contributed by atoms with Gasteiger partial charge in [-0.1, -0.05) is 35.0 Å². The van der Waals surface area contributed by atoms with Crippen molar-refractivity contribution in [2.45, 2.75) is 18.2 Å². The zero-order valence-corrected chi connectivity index (χ0v) is 21.7. The first-order valence-electron chi connectivity index (χ1n) is 10.6. The molecule has 0 amide bonds. The molecule has 0 aliphatic heterocycles. The second kappa shape index (κ2) is 9.68. The number of thiophene rings is 1. The molecule has 176 valence electrons.